The van der Waals surface area contributed by atoms with Crippen LogP contribution in [0, 0.1) is 0 Å². The Kier molecular flexibility index (Phi) is 4.59. The minimum Gasteiger partial charge on any atom is -0.379 e. The lowest BCUT2D eigenvalue weighted by molar-refractivity contribution is 0.0364. The molecule has 4 nitrogen and oxygen atoms in total. The lowest BCUT2D eigenvalue weighted by atomic mass is 10.1. The Morgan fingerprint density at radius 3 is 2.82 bits per heavy atom. The highest BCUT2D eigenvalue weighted by atomic mass is 16.5. The van der Waals surface area contributed by atoms with Gasteiger partial charge in [0.1, 0.15) is 0 Å². The van der Waals surface area contributed by atoms with Gasteiger partial charge >= 0.3 is 0 Å². The molecule has 2 rings (SSSR count). The molecule has 0 radical (unpaired) electrons. The van der Waals surface area contributed by atoms with E-state index in [1.165, 1.54) is 5.56 Å². The third-order valence-electron chi connectivity index (χ3n) is 3.42. The van der Waals surface area contributed by atoms with Crippen molar-refractivity contribution in [1.29, 1.82) is 0 Å². The van der Waals surface area contributed by atoms with E-state index in [0.29, 0.717) is 0 Å². The number of morpholine rings is 1. The van der Waals surface area contributed by atoms with Crippen LogP contribution in [0.25, 0.3) is 0 Å². The summed E-state index contributed by atoms with van der Waals surface area (Å²) in [5, 5.41) is 0. The van der Waals surface area contributed by atoms with E-state index in [9.17, 15) is 0 Å². The van der Waals surface area contributed by atoms with E-state index in [2.05, 4.69) is 34.9 Å². The van der Waals surface area contributed by atoms with Gasteiger partial charge in [-0.2, -0.15) is 0 Å². The molecule has 0 aliphatic carbocycles. The average Bonchev–Trinajstić information content (AvgIpc) is 2.85. The summed E-state index contributed by atoms with van der Waals surface area (Å²) >= 11 is 0. The highest BCUT2D eigenvalue weighted by molar-refractivity contribution is 5.14. The van der Waals surface area contributed by atoms with Crippen molar-refractivity contribution in [2.45, 2.75) is 25.9 Å². The number of hydrogen-bond acceptors (Lipinski definition) is 3. The zero-order chi connectivity index (χ0) is 12.1. The molecule has 1 atom stereocenters. The zero-order valence-corrected chi connectivity index (χ0v) is 10.6. The van der Waals surface area contributed by atoms with E-state index in [1.54, 1.807) is 0 Å². The highest BCUT2D eigenvalue weighted by Gasteiger charge is 2.10. The first-order valence-corrected chi connectivity index (χ1v) is 6.51. The summed E-state index contributed by atoms with van der Waals surface area (Å²) in [6.07, 6.45) is 5.30. The van der Waals surface area contributed by atoms with E-state index < -0.39 is 0 Å². The summed E-state index contributed by atoms with van der Waals surface area (Å²) in [4.78, 5) is 2.45. The average molecular weight is 237 g/mol. The largest absolute Gasteiger partial charge is 0.379 e. The van der Waals surface area contributed by atoms with Crippen LogP contribution in [0.3, 0.4) is 0 Å². The number of nitrogens with two attached hydrogens (primary N) is 1. The van der Waals surface area contributed by atoms with Gasteiger partial charge in [-0.3, -0.25) is 4.90 Å². The minimum absolute atomic E-state index is 0.180. The second kappa shape index (κ2) is 6.19. The summed E-state index contributed by atoms with van der Waals surface area (Å²) in [5.74, 6) is 0. The van der Waals surface area contributed by atoms with E-state index in [0.717, 1.165) is 45.8 Å². The quantitative estimate of drug-likeness (QED) is 0.837. The van der Waals surface area contributed by atoms with Gasteiger partial charge in [0.2, 0.25) is 0 Å². The van der Waals surface area contributed by atoms with E-state index in [-0.39, 0.29) is 6.04 Å². The van der Waals surface area contributed by atoms with Crippen LogP contribution in [0.5, 0.6) is 0 Å². The van der Waals surface area contributed by atoms with Crippen LogP contribution in [0.15, 0.2) is 18.5 Å². The van der Waals surface area contributed by atoms with Gasteiger partial charge in [-0.05, 0) is 18.1 Å². The van der Waals surface area contributed by atoms with Gasteiger partial charge in [-0.1, -0.05) is 6.92 Å². The molecular weight excluding hydrogens is 214 g/mol. The summed E-state index contributed by atoms with van der Waals surface area (Å²) in [6, 6.07) is 2.31. The number of hydrogen-bond donors (Lipinski definition) is 1. The lowest BCUT2D eigenvalue weighted by Crippen LogP contribution is -2.38. The number of nitrogens with zero attached hydrogens (tertiary/aromatic N) is 2. The molecule has 1 aliphatic rings. The topological polar surface area (TPSA) is 43.4 Å². The van der Waals surface area contributed by atoms with E-state index in [1.807, 2.05) is 0 Å². The first kappa shape index (κ1) is 12.6. The molecule has 1 aliphatic heterocycles. The summed E-state index contributed by atoms with van der Waals surface area (Å²) in [7, 11) is 0. The van der Waals surface area contributed by atoms with Gasteiger partial charge < -0.3 is 15.0 Å². The summed E-state index contributed by atoms with van der Waals surface area (Å²) < 4.78 is 7.57. The Morgan fingerprint density at radius 1 is 1.35 bits per heavy atom. The first-order valence-electron chi connectivity index (χ1n) is 6.51. The van der Waals surface area contributed by atoms with Gasteiger partial charge in [-0.25, -0.2) is 0 Å². The molecule has 1 fully saturated rings. The molecule has 2 N–H and O–H groups in total. The number of ether oxygens (including phenoxy) is 1. The minimum atomic E-state index is 0.180. The van der Waals surface area contributed by atoms with Gasteiger partial charge in [0.05, 0.1) is 13.2 Å². The Balaban J connectivity index is 1.80. The van der Waals surface area contributed by atoms with Crippen molar-refractivity contribution in [3.05, 3.63) is 24.0 Å². The third-order valence-corrected chi connectivity index (χ3v) is 3.42. The van der Waals surface area contributed by atoms with Crippen molar-refractivity contribution in [1.82, 2.24) is 9.47 Å². The van der Waals surface area contributed by atoms with Crippen LogP contribution < -0.4 is 5.73 Å². The van der Waals surface area contributed by atoms with Crippen molar-refractivity contribution in [3.63, 3.8) is 0 Å². The van der Waals surface area contributed by atoms with Crippen LogP contribution in [-0.4, -0.2) is 42.3 Å². The molecule has 0 bridgehead atoms. The maximum Gasteiger partial charge on any atom is 0.0594 e. The van der Waals surface area contributed by atoms with Crippen molar-refractivity contribution in [3.8, 4) is 0 Å². The molecule has 17 heavy (non-hydrogen) atoms. The van der Waals surface area contributed by atoms with Crippen LogP contribution in [-0.2, 0) is 11.3 Å². The van der Waals surface area contributed by atoms with Crippen molar-refractivity contribution in [2.24, 2.45) is 5.73 Å². The third kappa shape index (κ3) is 3.56. The van der Waals surface area contributed by atoms with Crippen LogP contribution in [0.2, 0.25) is 0 Å². The molecule has 96 valence electrons. The standard InChI is InChI=1S/C13H23N3O/c1-2-13(14)12-3-4-16(11-12)6-5-15-7-9-17-10-8-15/h3-4,11,13H,2,5-10,14H2,1H3. The van der Waals surface area contributed by atoms with Crippen molar-refractivity contribution in [2.75, 3.05) is 32.8 Å². The fourth-order valence-electron chi connectivity index (χ4n) is 2.14. The number of rotatable bonds is 5. The molecular formula is C13H23N3O. The lowest BCUT2D eigenvalue weighted by Gasteiger charge is -2.26. The Morgan fingerprint density at radius 2 is 2.12 bits per heavy atom. The molecule has 1 unspecified atom stereocenters. The predicted octanol–water partition coefficient (Wildman–Crippen LogP) is 1.23. The maximum atomic E-state index is 6.01. The fraction of sp³-hybridized carbons (Fsp3) is 0.692. The normalized spacial score (nSPS) is 19.4. The molecule has 1 aromatic heterocycles. The van der Waals surface area contributed by atoms with Crippen molar-refractivity contribution < 1.29 is 4.74 Å². The van der Waals surface area contributed by atoms with Crippen LogP contribution in [0.4, 0.5) is 0 Å². The highest BCUT2D eigenvalue weighted by Crippen LogP contribution is 2.13. The second-order valence-corrected chi connectivity index (χ2v) is 4.65. The smallest absolute Gasteiger partial charge is 0.0594 e. The Labute approximate surface area is 103 Å². The zero-order valence-electron chi connectivity index (χ0n) is 10.6. The van der Waals surface area contributed by atoms with Gasteiger partial charge in [0.15, 0.2) is 0 Å². The maximum absolute atomic E-state index is 6.01. The summed E-state index contributed by atoms with van der Waals surface area (Å²) in [6.45, 7) is 8.12. The second-order valence-electron chi connectivity index (χ2n) is 4.65. The molecule has 1 saturated heterocycles. The van der Waals surface area contributed by atoms with Crippen molar-refractivity contribution >= 4 is 0 Å². The van der Waals surface area contributed by atoms with Gasteiger partial charge in [0, 0.05) is 44.6 Å². The van der Waals surface area contributed by atoms with E-state index in [4.69, 9.17) is 10.5 Å². The Hall–Kier alpha value is -0.840. The Bertz CT molecular complexity index is 331. The predicted molar refractivity (Wildman–Crippen MR) is 68.9 cm³/mol. The van der Waals surface area contributed by atoms with Crippen LogP contribution >= 0.6 is 0 Å². The monoisotopic (exact) mass is 237 g/mol. The molecule has 1 aromatic rings. The van der Waals surface area contributed by atoms with Gasteiger partial charge in [0.25, 0.3) is 0 Å². The van der Waals surface area contributed by atoms with E-state index >= 15 is 0 Å². The molecule has 4 heteroatoms. The SMILES string of the molecule is CCC(N)c1ccn(CCN2CCOCC2)c1. The van der Waals surface area contributed by atoms with Crippen LogP contribution in [0.1, 0.15) is 24.9 Å². The molecule has 0 saturated carbocycles. The first-order chi connectivity index (χ1) is 8.29. The number of aromatic nitrogens is 1. The molecule has 0 spiro atoms. The fourth-order valence-corrected chi connectivity index (χ4v) is 2.14. The molecule has 0 aromatic carbocycles. The molecule has 0 amide bonds. The summed E-state index contributed by atoms with van der Waals surface area (Å²) in [5.41, 5.74) is 7.25. The van der Waals surface area contributed by atoms with Gasteiger partial charge in [-0.15, -0.1) is 0 Å². The molecule has 2 heterocycles.